The third-order valence-electron chi connectivity index (χ3n) is 6.54. The number of benzene rings is 2. The standard InChI is InChI=1S/C24H29FN2O/c1-18(2)27-17-24(23(27)20-8-4-3-5-9-20)11-13-26(14-12-24)22(28)16-19-7-6-10-21(25)15-19/h3-10,15,18,23H,11-14,16-17H2,1-2H3. The number of rotatable bonds is 4. The van der Waals surface area contributed by atoms with E-state index in [9.17, 15) is 9.18 Å². The molecular weight excluding hydrogens is 351 g/mol. The van der Waals surface area contributed by atoms with Gasteiger partial charge < -0.3 is 4.90 Å². The van der Waals surface area contributed by atoms with Gasteiger partial charge in [0.05, 0.1) is 6.42 Å². The summed E-state index contributed by atoms with van der Waals surface area (Å²) in [5, 5.41) is 0. The van der Waals surface area contributed by atoms with Gasteiger partial charge in [-0.1, -0.05) is 42.5 Å². The van der Waals surface area contributed by atoms with Gasteiger partial charge in [0, 0.05) is 37.1 Å². The van der Waals surface area contributed by atoms with Gasteiger partial charge in [-0.05, 0) is 49.9 Å². The fourth-order valence-corrected chi connectivity index (χ4v) is 5.01. The Kier molecular flexibility index (Phi) is 5.24. The normalized spacial score (nSPS) is 21.7. The summed E-state index contributed by atoms with van der Waals surface area (Å²) in [6, 6.07) is 18.1. The fraction of sp³-hybridized carbons (Fsp3) is 0.458. The molecule has 2 aromatic rings. The van der Waals surface area contributed by atoms with Crippen molar-refractivity contribution in [3.8, 4) is 0 Å². The lowest BCUT2D eigenvalue weighted by Crippen LogP contribution is -2.64. The molecule has 0 bridgehead atoms. The zero-order valence-electron chi connectivity index (χ0n) is 16.8. The minimum Gasteiger partial charge on any atom is -0.342 e. The van der Waals surface area contributed by atoms with Crippen LogP contribution in [0.1, 0.15) is 43.9 Å². The molecule has 2 fully saturated rings. The zero-order valence-corrected chi connectivity index (χ0v) is 16.8. The SMILES string of the molecule is CC(C)N1CC2(CCN(C(=O)Cc3cccc(F)c3)CC2)C1c1ccccc1. The molecule has 148 valence electrons. The van der Waals surface area contributed by atoms with Crippen LogP contribution in [-0.4, -0.2) is 41.4 Å². The number of hydrogen-bond acceptors (Lipinski definition) is 2. The molecule has 2 heterocycles. The molecule has 4 heteroatoms. The first-order valence-electron chi connectivity index (χ1n) is 10.3. The van der Waals surface area contributed by atoms with E-state index in [0.717, 1.165) is 38.0 Å². The molecule has 0 radical (unpaired) electrons. The van der Waals surface area contributed by atoms with Crippen molar-refractivity contribution in [2.75, 3.05) is 19.6 Å². The molecule has 2 aliphatic heterocycles. The van der Waals surface area contributed by atoms with Gasteiger partial charge in [0.15, 0.2) is 0 Å². The molecular formula is C24H29FN2O. The van der Waals surface area contributed by atoms with Crippen LogP contribution in [0.3, 0.4) is 0 Å². The molecule has 1 atom stereocenters. The molecule has 1 unspecified atom stereocenters. The van der Waals surface area contributed by atoms with E-state index in [1.165, 1.54) is 17.7 Å². The van der Waals surface area contributed by atoms with Crippen molar-refractivity contribution >= 4 is 5.91 Å². The number of piperidine rings is 1. The predicted molar refractivity (Wildman–Crippen MR) is 109 cm³/mol. The number of hydrogen-bond donors (Lipinski definition) is 0. The summed E-state index contributed by atoms with van der Waals surface area (Å²) < 4.78 is 13.4. The molecule has 2 aliphatic rings. The summed E-state index contributed by atoms with van der Waals surface area (Å²) in [4.78, 5) is 17.3. The summed E-state index contributed by atoms with van der Waals surface area (Å²) in [6.07, 6.45) is 2.35. The smallest absolute Gasteiger partial charge is 0.226 e. The van der Waals surface area contributed by atoms with Crippen LogP contribution in [0.4, 0.5) is 4.39 Å². The van der Waals surface area contributed by atoms with Crippen molar-refractivity contribution in [1.82, 2.24) is 9.80 Å². The summed E-state index contributed by atoms with van der Waals surface area (Å²) in [5.74, 6) is -0.173. The lowest BCUT2D eigenvalue weighted by Gasteiger charge is -2.62. The predicted octanol–water partition coefficient (Wildman–Crippen LogP) is 4.44. The van der Waals surface area contributed by atoms with Crippen LogP contribution >= 0.6 is 0 Å². The number of halogens is 1. The summed E-state index contributed by atoms with van der Waals surface area (Å²) >= 11 is 0. The highest BCUT2D eigenvalue weighted by molar-refractivity contribution is 5.78. The monoisotopic (exact) mass is 380 g/mol. The van der Waals surface area contributed by atoms with Crippen LogP contribution in [0.5, 0.6) is 0 Å². The number of nitrogens with zero attached hydrogens (tertiary/aromatic N) is 2. The maximum Gasteiger partial charge on any atom is 0.226 e. The quantitative estimate of drug-likeness (QED) is 0.783. The highest BCUT2D eigenvalue weighted by atomic mass is 19.1. The van der Waals surface area contributed by atoms with Gasteiger partial charge in [0.1, 0.15) is 5.82 Å². The number of amides is 1. The van der Waals surface area contributed by atoms with Gasteiger partial charge in [-0.15, -0.1) is 0 Å². The maximum atomic E-state index is 13.4. The summed E-state index contributed by atoms with van der Waals surface area (Å²) in [5.41, 5.74) is 2.41. The van der Waals surface area contributed by atoms with Crippen molar-refractivity contribution in [2.45, 2.75) is 45.2 Å². The maximum absolute atomic E-state index is 13.4. The van der Waals surface area contributed by atoms with E-state index < -0.39 is 0 Å². The molecule has 0 N–H and O–H groups in total. The third-order valence-corrected chi connectivity index (χ3v) is 6.54. The Morgan fingerprint density at radius 1 is 1.11 bits per heavy atom. The lowest BCUT2D eigenvalue weighted by atomic mass is 9.62. The molecule has 4 rings (SSSR count). The first-order valence-corrected chi connectivity index (χ1v) is 10.3. The van der Waals surface area contributed by atoms with Gasteiger partial charge in [-0.25, -0.2) is 4.39 Å². The topological polar surface area (TPSA) is 23.6 Å². The molecule has 0 aromatic heterocycles. The van der Waals surface area contributed by atoms with Gasteiger partial charge in [-0.2, -0.15) is 0 Å². The first-order chi connectivity index (χ1) is 13.5. The Labute approximate surface area is 167 Å². The molecule has 0 aliphatic carbocycles. The Bertz CT molecular complexity index is 828. The number of likely N-dealkylation sites (tertiary alicyclic amines) is 2. The van der Waals surface area contributed by atoms with Crippen molar-refractivity contribution in [3.63, 3.8) is 0 Å². The average molecular weight is 381 g/mol. The van der Waals surface area contributed by atoms with Gasteiger partial charge in [0.25, 0.3) is 0 Å². The van der Waals surface area contributed by atoms with Crippen LogP contribution in [0.15, 0.2) is 54.6 Å². The van der Waals surface area contributed by atoms with E-state index in [0.29, 0.717) is 12.1 Å². The number of carbonyl (C=O) groups excluding carboxylic acids is 1. The molecule has 2 saturated heterocycles. The van der Waals surface area contributed by atoms with Gasteiger partial charge in [-0.3, -0.25) is 9.69 Å². The largest absolute Gasteiger partial charge is 0.342 e. The van der Waals surface area contributed by atoms with Crippen molar-refractivity contribution < 1.29 is 9.18 Å². The minimum absolute atomic E-state index is 0.108. The van der Waals surface area contributed by atoms with E-state index >= 15 is 0 Å². The Morgan fingerprint density at radius 3 is 2.46 bits per heavy atom. The molecule has 0 saturated carbocycles. The highest BCUT2D eigenvalue weighted by Gasteiger charge is 2.54. The van der Waals surface area contributed by atoms with Gasteiger partial charge >= 0.3 is 0 Å². The zero-order chi connectivity index (χ0) is 19.7. The van der Waals surface area contributed by atoms with Crippen LogP contribution in [0.2, 0.25) is 0 Å². The molecule has 3 nitrogen and oxygen atoms in total. The summed E-state index contributed by atoms with van der Waals surface area (Å²) in [6.45, 7) is 7.23. The van der Waals surface area contributed by atoms with Crippen molar-refractivity contribution in [3.05, 3.63) is 71.5 Å². The molecule has 1 spiro atoms. The Balaban J connectivity index is 1.43. The average Bonchev–Trinajstić information content (AvgIpc) is 2.67. The van der Waals surface area contributed by atoms with Gasteiger partial charge in [0.2, 0.25) is 5.91 Å². The van der Waals surface area contributed by atoms with Crippen LogP contribution in [-0.2, 0) is 11.2 Å². The second kappa shape index (κ2) is 7.67. The summed E-state index contributed by atoms with van der Waals surface area (Å²) in [7, 11) is 0. The highest BCUT2D eigenvalue weighted by Crippen LogP contribution is 2.55. The van der Waals surface area contributed by atoms with Crippen LogP contribution < -0.4 is 0 Å². The van der Waals surface area contributed by atoms with Crippen molar-refractivity contribution in [1.29, 1.82) is 0 Å². The molecule has 28 heavy (non-hydrogen) atoms. The van der Waals surface area contributed by atoms with E-state index in [4.69, 9.17) is 0 Å². The molecule has 2 aromatic carbocycles. The molecule has 1 amide bonds. The van der Waals surface area contributed by atoms with Crippen LogP contribution in [0, 0.1) is 11.2 Å². The second-order valence-electron chi connectivity index (χ2n) is 8.63. The fourth-order valence-electron chi connectivity index (χ4n) is 5.01. The minimum atomic E-state index is -0.281. The first kappa shape index (κ1) is 19.1. The van der Waals surface area contributed by atoms with E-state index in [1.807, 2.05) is 11.0 Å². The number of carbonyl (C=O) groups is 1. The van der Waals surface area contributed by atoms with E-state index in [1.54, 1.807) is 6.07 Å². The Hall–Kier alpha value is -2.20. The van der Waals surface area contributed by atoms with Crippen LogP contribution in [0.25, 0.3) is 0 Å². The van der Waals surface area contributed by atoms with E-state index in [2.05, 4.69) is 49.1 Å². The van der Waals surface area contributed by atoms with Crippen molar-refractivity contribution in [2.24, 2.45) is 5.41 Å². The Morgan fingerprint density at radius 2 is 1.82 bits per heavy atom. The third kappa shape index (κ3) is 3.58. The second-order valence-corrected chi connectivity index (χ2v) is 8.63. The van der Waals surface area contributed by atoms with E-state index in [-0.39, 0.29) is 23.6 Å². The lowest BCUT2D eigenvalue weighted by molar-refractivity contribution is -0.147.